The van der Waals surface area contributed by atoms with E-state index >= 15 is 0 Å². The molecule has 0 aromatic heterocycles. The lowest BCUT2D eigenvalue weighted by Crippen LogP contribution is -2.47. The molecule has 3 amide bonds. The minimum Gasteiger partial charge on any atom is -0.491 e. The zero-order valence-electron chi connectivity index (χ0n) is 24.5. The van der Waals surface area contributed by atoms with Crippen LogP contribution in [0.25, 0.3) is 0 Å². The molecule has 3 atom stereocenters. The molecule has 8 heteroatoms. The van der Waals surface area contributed by atoms with Gasteiger partial charge in [-0.15, -0.1) is 0 Å². The molecule has 2 aromatic rings. The van der Waals surface area contributed by atoms with Crippen molar-refractivity contribution < 1.29 is 19.1 Å². The molecule has 1 heterocycles. The van der Waals surface area contributed by atoms with E-state index in [2.05, 4.69) is 53.6 Å². The van der Waals surface area contributed by atoms with E-state index in [9.17, 15) is 9.59 Å². The van der Waals surface area contributed by atoms with E-state index in [4.69, 9.17) is 9.47 Å². The molecule has 1 saturated carbocycles. The molecule has 0 bridgehead atoms. The lowest BCUT2D eigenvalue weighted by Gasteiger charge is -2.36. The summed E-state index contributed by atoms with van der Waals surface area (Å²) < 4.78 is 12.2. The Balaban J connectivity index is 1.52. The SMILES string of the molecule is CO[C@@H]1CN(C)C(=O)c2cc(NC(=O)NC3CCCCC3)ccc2OC[C@@H](C)N(CCc2ccccc2)C[C@H]1C. The Morgan fingerprint density at radius 3 is 2.52 bits per heavy atom. The van der Waals surface area contributed by atoms with E-state index in [1.807, 2.05) is 6.07 Å². The van der Waals surface area contributed by atoms with Crippen molar-refractivity contribution in [3.8, 4) is 5.75 Å². The molecule has 218 valence electrons. The third-order valence-electron chi connectivity index (χ3n) is 8.30. The molecule has 2 N–H and O–H groups in total. The molecule has 40 heavy (non-hydrogen) atoms. The summed E-state index contributed by atoms with van der Waals surface area (Å²) in [5.41, 5.74) is 2.31. The molecule has 0 saturated heterocycles. The van der Waals surface area contributed by atoms with Gasteiger partial charge in [0.1, 0.15) is 12.4 Å². The summed E-state index contributed by atoms with van der Waals surface area (Å²) in [6.45, 7) is 6.99. The van der Waals surface area contributed by atoms with Crippen molar-refractivity contribution >= 4 is 17.6 Å². The topological polar surface area (TPSA) is 83.1 Å². The van der Waals surface area contributed by atoms with E-state index in [0.29, 0.717) is 30.2 Å². The van der Waals surface area contributed by atoms with Gasteiger partial charge in [0.05, 0.1) is 11.7 Å². The highest BCUT2D eigenvalue weighted by Crippen LogP contribution is 2.27. The number of methoxy groups -OCH3 is 1. The summed E-state index contributed by atoms with van der Waals surface area (Å²) in [5.74, 6) is 0.566. The summed E-state index contributed by atoms with van der Waals surface area (Å²) >= 11 is 0. The number of nitrogens with zero attached hydrogens (tertiary/aromatic N) is 2. The van der Waals surface area contributed by atoms with Gasteiger partial charge >= 0.3 is 6.03 Å². The highest BCUT2D eigenvalue weighted by atomic mass is 16.5. The number of anilines is 1. The number of nitrogens with one attached hydrogen (secondary N) is 2. The first-order valence-corrected chi connectivity index (χ1v) is 14.7. The van der Waals surface area contributed by atoms with Crippen LogP contribution in [-0.4, -0.2) is 80.3 Å². The van der Waals surface area contributed by atoms with Gasteiger partial charge < -0.3 is 25.0 Å². The zero-order chi connectivity index (χ0) is 28.5. The fourth-order valence-corrected chi connectivity index (χ4v) is 5.76. The van der Waals surface area contributed by atoms with E-state index in [0.717, 1.165) is 45.2 Å². The predicted octanol–water partition coefficient (Wildman–Crippen LogP) is 5.19. The normalized spacial score (nSPS) is 23.4. The molecule has 4 rings (SSSR count). The fourth-order valence-electron chi connectivity index (χ4n) is 5.76. The van der Waals surface area contributed by atoms with Crippen LogP contribution in [0.3, 0.4) is 0 Å². The number of hydrogen-bond donors (Lipinski definition) is 2. The van der Waals surface area contributed by atoms with Gasteiger partial charge in [-0.3, -0.25) is 9.69 Å². The molecular formula is C32H46N4O4. The van der Waals surface area contributed by atoms with Gasteiger partial charge in [0, 0.05) is 51.6 Å². The molecule has 0 unspecified atom stereocenters. The summed E-state index contributed by atoms with van der Waals surface area (Å²) in [6, 6.07) is 15.9. The smallest absolute Gasteiger partial charge is 0.319 e. The fraction of sp³-hybridized carbons (Fsp3) is 0.562. The number of hydrogen-bond acceptors (Lipinski definition) is 5. The van der Waals surface area contributed by atoms with Crippen molar-refractivity contribution in [1.82, 2.24) is 15.1 Å². The predicted molar refractivity (Wildman–Crippen MR) is 159 cm³/mol. The molecule has 1 fully saturated rings. The monoisotopic (exact) mass is 550 g/mol. The van der Waals surface area contributed by atoms with Crippen LogP contribution in [0.15, 0.2) is 48.5 Å². The maximum atomic E-state index is 13.6. The Morgan fingerprint density at radius 2 is 1.80 bits per heavy atom. The van der Waals surface area contributed by atoms with Crippen molar-refractivity contribution in [2.24, 2.45) is 5.92 Å². The second-order valence-corrected chi connectivity index (χ2v) is 11.5. The van der Waals surface area contributed by atoms with Crippen LogP contribution in [0.2, 0.25) is 0 Å². The standard InChI is InChI=1S/C32H46N4O4/c1-23-20-36(18-17-25-11-7-5-8-12-25)24(2)22-40-29-16-15-27(34-32(38)33-26-13-9-6-10-14-26)19-28(29)31(37)35(3)21-30(23)39-4/h5,7-8,11-12,15-16,19,23-24,26,30H,6,9-10,13-14,17-18,20-22H2,1-4H3,(H2,33,34,38)/t23-,24-,30-/m1/s1. The lowest BCUT2D eigenvalue weighted by atomic mass is 9.96. The first kappa shape index (κ1) is 29.9. The second-order valence-electron chi connectivity index (χ2n) is 11.5. The van der Waals surface area contributed by atoms with Crippen LogP contribution in [0.4, 0.5) is 10.5 Å². The molecule has 0 radical (unpaired) electrons. The summed E-state index contributed by atoms with van der Waals surface area (Å²) in [6.07, 6.45) is 6.36. The number of likely N-dealkylation sites (N-methyl/N-ethyl adjacent to an activating group) is 1. The molecule has 0 spiro atoms. The van der Waals surface area contributed by atoms with Crippen LogP contribution in [0.1, 0.15) is 61.9 Å². The Morgan fingerprint density at radius 1 is 1.05 bits per heavy atom. The number of carbonyl (C=O) groups is 2. The molecule has 8 nitrogen and oxygen atoms in total. The van der Waals surface area contributed by atoms with Gasteiger partial charge in [-0.05, 0) is 55.9 Å². The maximum Gasteiger partial charge on any atom is 0.319 e. The summed E-state index contributed by atoms with van der Waals surface area (Å²) in [4.78, 5) is 30.5. The maximum absolute atomic E-state index is 13.6. The van der Waals surface area contributed by atoms with E-state index in [1.165, 1.54) is 12.0 Å². The minimum atomic E-state index is -0.238. The zero-order valence-corrected chi connectivity index (χ0v) is 24.5. The Hall–Kier alpha value is -3.10. The number of benzene rings is 2. The first-order chi connectivity index (χ1) is 19.3. The van der Waals surface area contributed by atoms with Crippen LogP contribution < -0.4 is 15.4 Å². The highest BCUT2D eigenvalue weighted by molar-refractivity contribution is 5.99. The Labute approximate surface area is 239 Å². The number of ether oxygens (including phenoxy) is 2. The van der Waals surface area contributed by atoms with E-state index in [-0.39, 0.29) is 36.0 Å². The third kappa shape index (κ3) is 8.21. The number of amides is 3. The van der Waals surface area contributed by atoms with Gasteiger partial charge in [-0.1, -0.05) is 56.5 Å². The van der Waals surface area contributed by atoms with Gasteiger partial charge in [-0.2, -0.15) is 0 Å². The van der Waals surface area contributed by atoms with Crippen LogP contribution in [-0.2, 0) is 11.2 Å². The second kappa shape index (κ2) is 14.5. The van der Waals surface area contributed by atoms with Gasteiger partial charge in [-0.25, -0.2) is 4.79 Å². The average Bonchev–Trinajstić information content (AvgIpc) is 2.97. The van der Waals surface area contributed by atoms with Crippen molar-refractivity contribution in [1.29, 1.82) is 0 Å². The number of fused-ring (bicyclic) bond motifs is 1. The van der Waals surface area contributed by atoms with Crippen LogP contribution >= 0.6 is 0 Å². The average molecular weight is 551 g/mol. The molecule has 2 aromatic carbocycles. The summed E-state index contributed by atoms with van der Waals surface area (Å²) in [5, 5.41) is 6.00. The van der Waals surface area contributed by atoms with Crippen molar-refractivity contribution in [2.45, 2.75) is 70.6 Å². The van der Waals surface area contributed by atoms with Crippen molar-refractivity contribution in [3.63, 3.8) is 0 Å². The Kier molecular flexibility index (Phi) is 10.8. The molecule has 1 aliphatic carbocycles. The summed E-state index contributed by atoms with van der Waals surface area (Å²) in [7, 11) is 3.51. The van der Waals surface area contributed by atoms with Crippen molar-refractivity contribution in [3.05, 3.63) is 59.7 Å². The van der Waals surface area contributed by atoms with Crippen LogP contribution in [0.5, 0.6) is 5.75 Å². The van der Waals surface area contributed by atoms with Gasteiger partial charge in [0.15, 0.2) is 0 Å². The third-order valence-corrected chi connectivity index (χ3v) is 8.30. The Bertz CT molecular complexity index is 1110. The van der Waals surface area contributed by atoms with Gasteiger partial charge in [0.2, 0.25) is 0 Å². The lowest BCUT2D eigenvalue weighted by molar-refractivity contribution is 0.0109. The number of rotatable bonds is 6. The largest absolute Gasteiger partial charge is 0.491 e. The first-order valence-electron chi connectivity index (χ1n) is 14.7. The quantitative estimate of drug-likeness (QED) is 0.517. The molecular weight excluding hydrogens is 504 g/mol. The van der Waals surface area contributed by atoms with E-state index < -0.39 is 0 Å². The molecule has 1 aliphatic heterocycles. The minimum absolute atomic E-state index is 0.119. The molecule has 2 aliphatic rings. The number of urea groups is 1. The van der Waals surface area contributed by atoms with Gasteiger partial charge in [0.25, 0.3) is 5.91 Å². The van der Waals surface area contributed by atoms with Crippen molar-refractivity contribution in [2.75, 3.05) is 45.7 Å². The highest BCUT2D eigenvalue weighted by Gasteiger charge is 2.28. The van der Waals surface area contributed by atoms with E-state index in [1.54, 1.807) is 37.3 Å². The number of carbonyl (C=O) groups excluding carboxylic acids is 2. The van der Waals surface area contributed by atoms with Crippen LogP contribution in [0, 0.1) is 5.92 Å².